The first-order chi connectivity index (χ1) is 9.99. The third-order valence-corrected chi connectivity index (χ3v) is 3.53. The van der Waals surface area contributed by atoms with Crippen molar-refractivity contribution in [1.29, 1.82) is 0 Å². The number of carbonyl (C=O) groups excluding carboxylic acids is 1. The molecular formula is C19H30O2. The topological polar surface area (TPSA) is 26.3 Å². The molecule has 0 heterocycles. The summed E-state index contributed by atoms with van der Waals surface area (Å²) in [6.07, 6.45) is 3.63. The zero-order valence-corrected chi connectivity index (χ0v) is 14.0. The summed E-state index contributed by atoms with van der Waals surface area (Å²) in [5.74, 6) is 1.11. The van der Waals surface area contributed by atoms with E-state index in [1.165, 1.54) is 11.1 Å². The molecule has 0 atom stereocenters. The minimum absolute atomic E-state index is 0.148. The van der Waals surface area contributed by atoms with Crippen LogP contribution in [0.5, 0.6) is 0 Å². The van der Waals surface area contributed by atoms with Crippen LogP contribution in [0.15, 0.2) is 24.3 Å². The largest absolute Gasteiger partial charge is 0.381 e. The van der Waals surface area contributed by atoms with Crippen LogP contribution in [0.25, 0.3) is 0 Å². The van der Waals surface area contributed by atoms with Gasteiger partial charge in [0.25, 0.3) is 0 Å². The number of hydrogen-bond acceptors (Lipinski definition) is 2. The molecule has 0 fully saturated rings. The molecule has 2 heteroatoms. The van der Waals surface area contributed by atoms with Crippen molar-refractivity contribution in [3.63, 3.8) is 0 Å². The van der Waals surface area contributed by atoms with Gasteiger partial charge in [0.2, 0.25) is 0 Å². The number of Topliss-reactive ketones (excluding diaryl/α,β-unsaturated/α-hetero) is 1. The maximum Gasteiger partial charge on any atom is 0.135 e. The molecule has 0 radical (unpaired) electrons. The van der Waals surface area contributed by atoms with Gasteiger partial charge in [0.1, 0.15) is 5.78 Å². The van der Waals surface area contributed by atoms with Gasteiger partial charge >= 0.3 is 0 Å². The first-order valence-corrected chi connectivity index (χ1v) is 8.17. The van der Waals surface area contributed by atoms with Gasteiger partial charge in [0, 0.05) is 25.6 Å². The van der Waals surface area contributed by atoms with E-state index in [-0.39, 0.29) is 5.92 Å². The Bertz CT molecular complexity index is 404. The van der Waals surface area contributed by atoms with Gasteiger partial charge < -0.3 is 4.74 Å². The highest BCUT2D eigenvalue weighted by Gasteiger charge is 2.07. The van der Waals surface area contributed by atoms with E-state index < -0.39 is 0 Å². The Morgan fingerprint density at radius 1 is 1.00 bits per heavy atom. The van der Waals surface area contributed by atoms with E-state index in [0.717, 1.165) is 32.5 Å². The molecule has 1 rings (SSSR count). The van der Waals surface area contributed by atoms with Gasteiger partial charge in [-0.1, -0.05) is 52.0 Å². The number of aryl methyl sites for hydroxylation is 2. The minimum Gasteiger partial charge on any atom is -0.381 e. The third-order valence-electron chi connectivity index (χ3n) is 3.53. The lowest BCUT2D eigenvalue weighted by atomic mass is 10.00. The first-order valence-electron chi connectivity index (χ1n) is 8.17. The Morgan fingerprint density at radius 2 is 1.57 bits per heavy atom. The van der Waals surface area contributed by atoms with Crippen LogP contribution in [-0.2, 0) is 22.4 Å². The van der Waals surface area contributed by atoms with Crippen LogP contribution < -0.4 is 0 Å². The lowest BCUT2D eigenvalue weighted by Gasteiger charge is -2.07. The Hall–Kier alpha value is -1.15. The molecule has 0 amide bonds. The van der Waals surface area contributed by atoms with Crippen molar-refractivity contribution in [2.45, 2.75) is 53.4 Å². The van der Waals surface area contributed by atoms with Crippen LogP contribution in [-0.4, -0.2) is 19.0 Å². The number of ketones is 1. The number of ether oxygens (including phenoxy) is 1. The van der Waals surface area contributed by atoms with Crippen molar-refractivity contribution in [1.82, 2.24) is 0 Å². The summed E-state index contributed by atoms with van der Waals surface area (Å²) in [5.41, 5.74) is 2.60. The predicted octanol–water partition coefficient (Wildman–Crippen LogP) is 4.45. The summed E-state index contributed by atoms with van der Waals surface area (Å²) in [7, 11) is 0. The van der Waals surface area contributed by atoms with E-state index in [0.29, 0.717) is 18.1 Å². The fraction of sp³-hybridized carbons (Fsp3) is 0.632. The summed E-state index contributed by atoms with van der Waals surface area (Å²) in [4.78, 5) is 11.6. The molecule has 118 valence electrons. The number of benzene rings is 1. The molecule has 0 N–H and O–H groups in total. The number of rotatable bonds is 10. The first kappa shape index (κ1) is 17.9. The lowest BCUT2D eigenvalue weighted by molar-refractivity contribution is -0.121. The Morgan fingerprint density at radius 3 is 2.10 bits per heavy atom. The fourth-order valence-electron chi connectivity index (χ4n) is 2.13. The van der Waals surface area contributed by atoms with Gasteiger partial charge in [-0.2, -0.15) is 0 Å². The molecule has 2 nitrogen and oxygen atoms in total. The molecule has 0 bridgehead atoms. The summed E-state index contributed by atoms with van der Waals surface area (Å²) in [6, 6.07) is 8.66. The molecule has 0 saturated heterocycles. The molecule has 0 aliphatic heterocycles. The van der Waals surface area contributed by atoms with E-state index in [9.17, 15) is 4.79 Å². The average molecular weight is 290 g/mol. The molecule has 0 aliphatic carbocycles. The maximum atomic E-state index is 11.6. The quantitative estimate of drug-likeness (QED) is 0.595. The molecule has 0 spiro atoms. The summed E-state index contributed by atoms with van der Waals surface area (Å²) in [6.45, 7) is 9.96. The normalized spacial score (nSPS) is 11.3. The highest BCUT2D eigenvalue weighted by molar-refractivity contribution is 5.80. The van der Waals surface area contributed by atoms with Crippen LogP contribution in [0.4, 0.5) is 0 Å². The third kappa shape index (κ3) is 8.01. The van der Waals surface area contributed by atoms with Gasteiger partial charge in [-0.3, -0.25) is 4.79 Å². The van der Waals surface area contributed by atoms with Crippen LogP contribution in [0, 0.1) is 11.8 Å². The standard InChI is InChI=1S/C19H30O2/c1-15(2)14-21-13-5-6-17-7-9-18(10-8-17)11-12-19(20)16(3)4/h7-10,15-16H,5-6,11-14H2,1-4H3. The summed E-state index contributed by atoms with van der Waals surface area (Å²) >= 11 is 0. The highest BCUT2D eigenvalue weighted by Crippen LogP contribution is 2.10. The fourth-order valence-corrected chi connectivity index (χ4v) is 2.13. The van der Waals surface area contributed by atoms with Crippen molar-refractivity contribution in [3.05, 3.63) is 35.4 Å². The van der Waals surface area contributed by atoms with Crippen LogP contribution in [0.1, 0.15) is 51.7 Å². The number of carbonyl (C=O) groups is 1. The number of hydrogen-bond donors (Lipinski definition) is 0. The monoisotopic (exact) mass is 290 g/mol. The summed E-state index contributed by atoms with van der Waals surface area (Å²) in [5, 5.41) is 0. The van der Waals surface area contributed by atoms with Gasteiger partial charge in [-0.15, -0.1) is 0 Å². The summed E-state index contributed by atoms with van der Waals surface area (Å²) < 4.78 is 5.59. The van der Waals surface area contributed by atoms with Crippen LogP contribution in [0.3, 0.4) is 0 Å². The zero-order valence-electron chi connectivity index (χ0n) is 14.0. The SMILES string of the molecule is CC(C)COCCCc1ccc(CCC(=O)C(C)C)cc1. The molecule has 0 aliphatic rings. The predicted molar refractivity (Wildman–Crippen MR) is 88.6 cm³/mol. The Labute approximate surface area is 129 Å². The Kier molecular flexibility index (Phi) is 8.29. The lowest BCUT2D eigenvalue weighted by Crippen LogP contribution is -2.07. The van der Waals surface area contributed by atoms with Gasteiger partial charge in [0.15, 0.2) is 0 Å². The van der Waals surface area contributed by atoms with E-state index in [2.05, 4.69) is 38.1 Å². The van der Waals surface area contributed by atoms with Gasteiger partial charge in [-0.25, -0.2) is 0 Å². The van der Waals surface area contributed by atoms with Crippen molar-refractivity contribution in [2.75, 3.05) is 13.2 Å². The molecule has 0 saturated carbocycles. The molecule has 0 aromatic heterocycles. The molecule has 1 aromatic carbocycles. The van der Waals surface area contributed by atoms with Crippen LogP contribution in [0.2, 0.25) is 0 Å². The second-order valence-corrected chi connectivity index (χ2v) is 6.51. The van der Waals surface area contributed by atoms with Crippen molar-refractivity contribution in [2.24, 2.45) is 11.8 Å². The highest BCUT2D eigenvalue weighted by atomic mass is 16.5. The minimum atomic E-state index is 0.148. The molecule has 21 heavy (non-hydrogen) atoms. The zero-order chi connectivity index (χ0) is 15.7. The van der Waals surface area contributed by atoms with E-state index in [1.807, 2.05) is 13.8 Å². The van der Waals surface area contributed by atoms with Crippen molar-refractivity contribution < 1.29 is 9.53 Å². The molecule has 0 unspecified atom stereocenters. The Balaban J connectivity index is 2.25. The van der Waals surface area contributed by atoms with Crippen LogP contribution >= 0.6 is 0 Å². The maximum absolute atomic E-state index is 11.6. The molecule has 1 aromatic rings. The van der Waals surface area contributed by atoms with Crippen molar-refractivity contribution in [3.8, 4) is 0 Å². The average Bonchev–Trinajstić information content (AvgIpc) is 2.45. The van der Waals surface area contributed by atoms with E-state index in [4.69, 9.17) is 4.74 Å². The van der Waals surface area contributed by atoms with Crippen molar-refractivity contribution >= 4 is 5.78 Å². The van der Waals surface area contributed by atoms with E-state index >= 15 is 0 Å². The molecular weight excluding hydrogens is 260 g/mol. The second kappa shape index (κ2) is 9.73. The van der Waals surface area contributed by atoms with Gasteiger partial charge in [-0.05, 0) is 36.3 Å². The van der Waals surface area contributed by atoms with Gasteiger partial charge in [0.05, 0.1) is 0 Å². The smallest absolute Gasteiger partial charge is 0.135 e. The van der Waals surface area contributed by atoms with E-state index in [1.54, 1.807) is 0 Å². The second-order valence-electron chi connectivity index (χ2n) is 6.51.